The number of rotatable bonds is 12. The molecule has 0 bridgehead atoms. The summed E-state index contributed by atoms with van der Waals surface area (Å²) >= 11 is 7.05. The molecule has 1 unspecified atom stereocenters. The number of hydrogen-bond donors (Lipinski definition) is 4. The number of halogens is 1. The predicted molar refractivity (Wildman–Crippen MR) is 187 cm³/mol. The summed E-state index contributed by atoms with van der Waals surface area (Å²) in [6.07, 6.45) is 6.88. The van der Waals surface area contributed by atoms with Gasteiger partial charge >= 0.3 is 0 Å². The second kappa shape index (κ2) is 15.7. The molecular weight excluding hydrogens is 628 g/mol. The molecule has 48 heavy (non-hydrogen) atoms. The van der Waals surface area contributed by atoms with Crippen molar-refractivity contribution in [2.75, 3.05) is 32.2 Å². The number of aromatic nitrogens is 2. The molecule has 0 saturated carbocycles. The van der Waals surface area contributed by atoms with Crippen molar-refractivity contribution in [1.82, 2.24) is 25.9 Å². The summed E-state index contributed by atoms with van der Waals surface area (Å²) in [7, 11) is 1.67. The predicted octanol–water partition coefficient (Wildman–Crippen LogP) is 5.67. The minimum atomic E-state index is -0.302. The number of hydrogen-bond acceptors (Lipinski definition) is 8. The first-order valence-electron chi connectivity index (χ1n) is 16.4. The molecule has 2 aliphatic heterocycles. The molecule has 2 saturated heterocycles. The van der Waals surface area contributed by atoms with Crippen LogP contribution in [0.15, 0.2) is 67.0 Å². The number of carbonyl (C=O) groups excluding carboxylic acids is 2. The van der Waals surface area contributed by atoms with Crippen LogP contribution in [0.25, 0.3) is 22.4 Å². The largest absolute Gasteiger partial charge is 0.496 e. The van der Waals surface area contributed by atoms with E-state index in [0.29, 0.717) is 54.2 Å². The quantitative estimate of drug-likeness (QED) is 0.152. The summed E-state index contributed by atoms with van der Waals surface area (Å²) in [6, 6.07) is 17.9. The molecule has 10 nitrogen and oxygen atoms in total. The maximum Gasteiger partial charge on any atom is 0.274 e. The standard InChI is InChI=1S/C37H41ClN6O4/c1-23-29(4-3-5-31(23)44-37(46)32-10-6-24(20-42-32)19-39-22-28-9-11-34(45)43-28)30-12-15-40-36(35(30)38)25-7-8-26(33(18-25)47-2)21-41-27-13-16-48-17-14-27/h3-8,10,12,15,18,20,27-28,39,41H,9,11,13-14,16-17,19,21-22H2,1-2H3,(H,43,45)(H,44,46). The van der Waals surface area contributed by atoms with Crippen molar-refractivity contribution in [3.63, 3.8) is 0 Å². The molecule has 2 amide bonds. The van der Waals surface area contributed by atoms with Gasteiger partial charge in [0.05, 0.1) is 17.8 Å². The van der Waals surface area contributed by atoms with Gasteiger partial charge in [-0.05, 0) is 67.1 Å². The summed E-state index contributed by atoms with van der Waals surface area (Å²) in [5.74, 6) is 0.571. The van der Waals surface area contributed by atoms with Gasteiger partial charge in [0, 0.05) is 86.1 Å². The molecule has 2 aliphatic rings. The van der Waals surface area contributed by atoms with E-state index in [1.807, 2.05) is 49.4 Å². The van der Waals surface area contributed by atoms with Gasteiger partial charge in [0.25, 0.3) is 5.91 Å². The van der Waals surface area contributed by atoms with Crippen LogP contribution in [0.2, 0.25) is 5.02 Å². The fourth-order valence-electron chi connectivity index (χ4n) is 6.18. The molecule has 11 heteroatoms. The Labute approximate surface area is 286 Å². The number of amides is 2. The Morgan fingerprint density at radius 2 is 1.90 bits per heavy atom. The summed E-state index contributed by atoms with van der Waals surface area (Å²) in [4.78, 5) is 33.6. The zero-order chi connectivity index (χ0) is 33.5. The second-order valence-electron chi connectivity index (χ2n) is 12.2. The molecule has 0 spiro atoms. The van der Waals surface area contributed by atoms with Gasteiger partial charge in [-0.2, -0.15) is 0 Å². The normalized spacial score (nSPS) is 16.5. The fourth-order valence-corrected chi connectivity index (χ4v) is 6.50. The van der Waals surface area contributed by atoms with Crippen molar-refractivity contribution in [2.24, 2.45) is 0 Å². The SMILES string of the molecule is COc1cc(-c2nccc(-c3cccc(NC(=O)c4ccc(CNCC5CCC(=O)N5)cn4)c3C)c2Cl)ccc1CNC1CCOCC1. The minimum Gasteiger partial charge on any atom is -0.496 e. The van der Waals surface area contributed by atoms with Gasteiger partial charge in [-0.15, -0.1) is 0 Å². The Morgan fingerprint density at radius 3 is 2.65 bits per heavy atom. The number of ether oxygens (including phenoxy) is 2. The average molecular weight is 669 g/mol. The third-order valence-corrected chi connectivity index (χ3v) is 9.37. The minimum absolute atomic E-state index is 0.102. The Morgan fingerprint density at radius 1 is 1.04 bits per heavy atom. The van der Waals surface area contributed by atoms with E-state index in [4.69, 9.17) is 21.1 Å². The van der Waals surface area contributed by atoms with E-state index >= 15 is 0 Å². The number of methoxy groups -OCH3 is 1. The molecule has 2 fully saturated rings. The number of pyridine rings is 2. The molecule has 4 heterocycles. The lowest BCUT2D eigenvalue weighted by Crippen LogP contribution is -2.35. The van der Waals surface area contributed by atoms with Gasteiger partial charge in [0.15, 0.2) is 0 Å². The number of carbonyl (C=O) groups is 2. The molecule has 2 aromatic carbocycles. The highest BCUT2D eigenvalue weighted by Gasteiger charge is 2.21. The van der Waals surface area contributed by atoms with Crippen LogP contribution in [-0.2, 0) is 22.6 Å². The fraction of sp³-hybridized carbons (Fsp3) is 0.351. The highest BCUT2D eigenvalue weighted by atomic mass is 35.5. The molecule has 2 aromatic heterocycles. The summed E-state index contributed by atoms with van der Waals surface area (Å²) in [6.45, 7) is 5.53. The van der Waals surface area contributed by atoms with Gasteiger partial charge in [0.1, 0.15) is 11.4 Å². The maximum atomic E-state index is 13.2. The molecule has 250 valence electrons. The van der Waals surface area contributed by atoms with Gasteiger partial charge in [-0.3, -0.25) is 19.6 Å². The van der Waals surface area contributed by atoms with Crippen molar-refractivity contribution in [2.45, 2.75) is 57.8 Å². The van der Waals surface area contributed by atoms with Crippen molar-refractivity contribution in [3.05, 3.63) is 94.4 Å². The number of nitrogens with one attached hydrogen (secondary N) is 4. The third-order valence-electron chi connectivity index (χ3n) is 8.99. The van der Waals surface area contributed by atoms with E-state index in [2.05, 4.69) is 37.3 Å². The zero-order valence-electron chi connectivity index (χ0n) is 27.3. The Balaban J connectivity index is 1.13. The number of nitrogens with zero attached hydrogens (tertiary/aromatic N) is 2. The number of benzene rings is 2. The molecule has 4 N–H and O–H groups in total. The van der Waals surface area contributed by atoms with Crippen molar-refractivity contribution >= 4 is 29.1 Å². The van der Waals surface area contributed by atoms with Crippen LogP contribution in [0.3, 0.4) is 0 Å². The van der Waals surface area contributed by atoms with E-state index in [1.54, 1.807) is 25.6 Å². The highest BCUT2D eigenvalue weighted by molar-refractivity contribution is 6.35. The summed E-state index contributed by atoms with van der Waals surface area (Å²) in [5, 5.41) is 13.4. The van der Waals surface area contributed by atoms with Crippen molar-refractivity contribution < 1.29 is 19.1 Å². The smallest absolute Gasteiger partial charge is 0.274 e. The Kier molecular flexibility index (Phi) is 11.0. The van der Waals surface area contributed by atoms with Crippen LogP contribution in [-0.4, -0.2) is 60.7 Å². The molecule has 6 rings (SSSR count). The van der Waals surface area contributed by atoms with Crippen molar-refractivity contribution in [1.29, 1.82) is 0 Å². The summed E-state index contributed by atoms with van der Waals surface area (Å²) in [5.41, 5.74) is 7.08. The van der Waals surface area contributed by atoms with Crippen LogP contribution in [0, 0.1) is 6.92 Å². The molecule has 0 aliphatic carbocycles. The monoisotopic (exact) mass is 668 g/mol. The third kappa shape index (κ3) is 8.02. The Bertz CT molecular complexity index is 1760. The average Bonchev–Trinajstić information content (AvgIpc) is 3.53. The topological polar surface area (TPSA) is 126 Å². The van der Waals surface area contributed by atoms with Crippen molar-refractivity contribution in [3.8, 4) is 28.1 Å². The molecule has 4 aromatic rings. The van der Waals surface area contributed by atoms with Crippen LogP contribution in [0.4, 0.5) is 5.69 Å². The van der Waals surface area contributed by atoms with Crippen LogP contribution >= 0.6 is 11.6 Å². The Hall–Kier alpha value is -4.35. The van der Waals surface area contributed by atoms with Crippen LogP contribution in [0.5, 0.6) is 5.75 Å². The molecule has 1 atom stereocenters. The summed E-state index contributed by atoms with van der Waals surface area (Å²) < 4.78 is 11.2. The van der Waals surface area contributed by atoms with Crippen LogP contribution in [0.1, 0.15) is 52.9 Å². The van der Waals surface area contributed by atoms with Gasteiger partial charge in [0.2, 0.25) is 5.91 Å². The van der Waals surface area contributed by atoms with Gasteiger partial charge < -0.3 is 30.7 Å². The van der Waals surface area contributed by atoms with E-state index < -0.39 is 0 Å². The maximum absolute atomic E-state index is 13.2. The number of anilines is 1. The first-order valence-corrected chi connectivity index (χ1v) is 16.8. The van der Waals surface area contributed by atoms with E-state index in [-0.39, 0.29) is 17.9 Å². The second-order valence-corrected chi connectivity index (χ2v) is 12.6. The lowest BCUT2D eigenvalue weighted by molar-refractivity contribution is -0.119. The lowest BCUT2D eigenvalue weighted by atomic mass is 9.97. The lowest BCUT2D eigenvalue weighted by Gasteiger charge is -2.23. The molecular formula is C37H41ClN6O4. The highest BCUT2D eigenvalue weighted by Crippen LogP contribution is 2.39. The van der Waals surface area contributed by atoms with E-state index in [0.717, 1.165) is 71.6 Å². The van der Waals surface area contributed by atoms with Gasteiger partial charge in [-0.25, -0.2) is 0 Å². The first kappa shape index (κ1) is 33.5. The molecule has 0 radical (unpaired) electrons. The van der Waals surface area contributed by atoms with Gasteiger partial charge in [-0.1, -0.05) is 41.9 Å². The van der Waals surface area contributed by atoms with E-state index in [1.165, 1.54) is 0 Å². The van der Waals surface area contributed by atoms with Crippen LogP contribution < -0.4 is 26.0 Å². The van der Waals surface area contributed by atoms with E-state index in [9.17, 15) is 9.59 Å². The zero-order valence-corrected chi connectivity index (χ0v) is 28.0. The first-order chi connectivity index (χ1) is 23.4.